The van der Waals surface area contributed by atoms with Gasteiger partial charge in [-0.05, 0) is 13.8 Å². The van der Waals surface area contributed by atoms with Gasteiger partial charge in [0.1, 0.15) is 0 Å². The van der Waals surface area contributed by atoms with E-state index in [0.29, 0.717) is 0 Å². The Bertz CT molecular complexity index is 792. The molecule has 3 nitrogen and oxygen atoms in total. The standard InChI is InChI=1S/C22H20O3/c1-11-3-7-13(8-4-11)19(23)17-15-16-18(22(16)25-21(15)17)20(24)14-9-5-12(2)6-10-14/h3-10,15-18,21-22H,1-2H3. The molecule has 0 bridgehead atoms. The van der Waals surface area contributed by atoms with Crippen LogP contribution in [-0.4, -0.2) is 23.8 Å². The van der Waals surface area contributed by atoms with Gasteiger partial charge in [0.2, 0.25) is 0 Å². The van der Waals surface area contributed by atoms with Crippen molar-refractivity contribution in [3.05, 3.63) is 70.8 Å². The van der Waals surface area contributed by atoms with E-state index in [-0.39, 0.29) is 47.4 Å². The zero-order valence-corrected chi connectivity index (χ0v) is 14.3. The molecule has 0 amide bonds. The number of hydrogen-bond donors (Lipinski definition) is 0. The van der Waals surface area contributed by atoms with Crippen molar-refractivity contribution in [3.63, 3.8) is 0 Å². The number of hydrogen-bond acceptors (Lipinski definition) is 3. The molecule has 2 saturated carbocycles. The van der Waals surface area contributed by atoms with Gasteiger partial charge in [0.15, 0.2) is 11.6 Å². The van der Waals surface area contributed by atoms with Crippen LogP contribution >= 0.6 is 0 Å². The molecule has 2 aliphatic carbocycles. The highest BCUT2D eigenvalue weighted by atomic mass is 16.5. The maximum atomic E-state index is 12.7. The fourth-order valence-corrected chi connectivity index (χ4v) is 4.53. The van der Waals surface area contributed by atoms with Gasteiger partial charge in [-0.25, -0.2) is 0 Å². The van der Waals surface area contributed by atoms with Gasteiger partial charge < -0.3 is 4.74 Å². The summed E-state index contributed by atoms with van der Waals surface area (Å²) in [6, 6.07) is 15.4. The lowest BCUT2D eigenvalue weighted by Gasteiger charge is -2.04. The molecule has 0 N–H and O–H groups in total. The van der Waals surface area contributed by atoms with E-state index in [1.807, 2.05) is 62.4 Å². The molecule has 1 saturated heterocycles. The first-order valence-corrected chi connectivity index (χ1v) is 8.93. The lowest BCUT2D eigenvalue weighted by atomic mass is 10.0. The van der Waals surface area contributed by atoms with Gasteiger partial charge >= 0.3 is 0 Å². The van der Waals surface area contributed by atoms with Gasteiger partial charge in [0, 0.05) is 23.0 Å². The van der Waals surface area contributed by atoms with Crippen LogP contribution in [0.15, 0.2) is 48.5 Å². The zero-order chi connectivity index (χ0) is 17.3. The van der Waals surface area contributed by atoms with Crippen LogP contribution in [-0.2, 0) is 4.74 Å². The van der Waals surface area contributed by atoms with Gasteiger partial charge in [-0.3, -0.25) is 9.59 Å². The van der Waals surface area contributed by atoms with Gasteiger partial charge in [-0.2, -0.15) is 0 Å². The van der Waals surface area contributed by atoms with Crippen LogP contribution < -0.4 is 0 Å². The van der Waals surface area contributed by atoms with Crippen molar-refractivity contribution in [2.75, 3.05) is 0 Å². The predicted octanol–water partition coefficient (Wildman–Crippen LogP) is 3.63. The van der Waals surface area contributed by atoms with E-state index in [0.717, 1.165) is 22.3 Å². The molecule has 0 spiro atoms. The Morgan fingerprint density at radius 2 is 1.04 bits per heavy atom. The van der Waals surface area contributed by atoms with E-state index in [9.17, 15) is 9.59 Å². The van der Waals surface area contributed by atoms with Crippen molar-refractivity contribution < 1.29 is 14.3 Å². The largest absolute Gasteiger partial charge is 0.373 e. The number of rotatable bonds is 4. The number of aryl methyl sites for hydroxylation is 2. The summed E-state index contributed by atoms with van der Waals surface area (Å²) < 4.78 is 6.03. The third-order valence-electron chi connectivity index (χ3n) is 6.05. The Kier molecular flexibility index (Phi) is 3.08. The summed E-state index contributed by atoms with van der Waals surface area (Å²) in [5.41, 5.74) is 3.81. The van der Waals surface area contributed by atoms with E-state index in [2.05, 4.69) is 0 Å². The molecular formula is C22H20O3. The third kappa shape index (κ3) is 2.22. The monoisotopic (exact) mass is 332 g/mol. The molecule has 6 atom stereocenters. The number of ether oxygens (including phenoxy) is 1. The van der Waals surface area contributed by atoms with Crippen LogP contribution in [0.3, 0.4) is 0 Å². The first-order valence-electron chi connectivity index (χ1n) is 8.93. The summed E-state index contributed by atoms with van der Waals surface area (Å²) in [5, 5.41) is 0. The van der Waals surface area contributed by atoms with E-state index < -0.39 is 0 Å². The first kappa shape index (κ1) is 15.0. The van der Waals surface area contributed by atoms with Crippen LogP contribution in [0.1, 0.15) is 31.8 Å². The number of Topliss-reactive ketones (excluding diaryl/α,β-unsaturated/α-hetero) is 2. The van der Waals surface area contributed by atoms with Crippen molar-refractivity contribution in [1.82, 2.24) is 0 Å². The van der Waals surface area contributed by atoms with E-state index >= 15 is 0 Å². The highest BCUT2D eigenvalue weighted by Gasteiger charge is 2.78. The Hall–Kier alpha value is -2.26. The van der Waals surface area contributed by atoms with Gasteiger partial charge in [-0.15, -0.1) is 0 Å². The fourth-order valence-electron chi connectivity index (χ4n) is 4.53. The van der Waals surface area contributed by atoms with Crippen LogP contribution in [0.4, 0.5) is 0 Å². The number of ketones is 2. The second-order valence-electron chi connectivity index (χ2n) is 7.73. The molecule has 0 radical (unpaired) electrons. The molecule has 2 aromatic rings. The molecule has 0 aromatic heterocycles. The number of carbonyl (C=O) groups is 2. The van der Waals surface area contributed by atoms with Crippen LogP contribution in [0.2, 0.25) is 0 Å². The van der Waals surface area contributed by atoms with Crippen molar-refractivity contribution in [1.29, 1.82) is 0 Å². The average molecular weight is 332 g/mol. The minimum absolute atomic E-state index is 0.0332. The summed E-state index contributed by atoms with van der Waals surface area (Å²) in [4.78, 5) is 25.4. The Balaban J connectivity index is 1.30. The Morgan fingerprint density at radius 1 is 0.680 bits per heavy atom. The molecule has 25 heavy (non-hydrogen) atoms. The normalized spacial score (nSPS) is 34.2. The molecule has 3 heteroatoms. The minimum atomic E-state index is -0.0558. The number of benzene rings is 2. The summed E-state index contributed by atoms with van der Waals surface area (Å²) in [6.07, 6.45) is 0.0664. The molecule has 1 aliphatic heterocycles. The van der Waals surface area contributed by atoms with Gasteiger partial charge in [0.25, 0.3) is 0 Å². The van der Waals surface area contributed by atoms with Gasteiger partial charge in [-0.1, -0.05) is 59.7 Å². The van der Waals surface area contributed by atoms with Crippen molar-refractivity contribution in [2.24, 2.45) is 23.7 Å². The molecule has 1 heterocycles. The van der Waals surface area contributed by atoms with E-state index in [1.54, 1.807) is 0 Å². The highest BCUT2D eigenvalue weighted by molar-refractivity contribution is 6.03. The summed E-state index contributed by atoms with van der Waals surface area (Å²) in [7, 11) is 0. The SMILES string of the molecule is Cc1ccc(C(=O)C2C3OC4C(C(=O)c5ccc(C)cc5)C4C32)cc1. The van der Waals surface area contributed by atoms with Crippen molar-refractivity contribution >= 4 is 11.6 Å². The third-order valence-corrected chi connectivity index (χ3v) is 6.05. The van der Waals surface area contributed by atoms with E-state index in [4.69, 9.17) is 4.74 Å². The topological polar surface area (TPSA) is 43.4 Å². The molecule has 6 unspecified atom stereocenters. The lowest BCUT2D eigenvalue weighted by molar-refractivity contribution is 0.0732. The van der Waals surface area contributed by atoms with Gasteiger partial charge in [0.05, 0.1) is 24.0 Å². The smallest absolute Gasteiger partial charge is 0.168 e. The second kappa shape index (κ2) is 5.12. The average Bonchev–Trinajstić information content (AvgIpc) is 3.48. The van der Waals surface area contributed by atoms with Crippen molar-refractivity contribution in [2.45, 2.75) is 26.1 Å². The summed E-state index contributed by atoms with van der Waals surface area (Å²) in [5.74, 6) is 0.694. The van der Waals surface area contributed by atoms with E-state index in [1.165, 1.54) is 0 Å². The highest BCUT2D eigenvalue weighted by Crippen LogP contribution is 2.68. The summed E-state index contributed by atoms with van der Waals surface area (Å²) in [6.45, 7) is 4.03. The Morgan fingerprint density at radius 3 is 1.40 bits per heavy atom. The molecular weight excluding hydrogens is 312 g/mol. The zero-order valence-electron chi connectivity index (χ0n) is 14.3. The van der Waals surface area contributed by atoms with Crippen LogP contribution in [0.25, 0.3) is 0 Å². The quantitative estimate of drug-likeness (QED) is 0.803. The molecule has 3 aliphatic rings. The molecule has 5 rings (SSSR count). The maximum Gasteiger partial charge on any atom is 0.168 e. The van der Waals surface area contributed by atoms with Crippen LogP contribution in [0.5, 0.6) is 0 Å². The molecule has 3 fully saturated rings. The first-order chi connectivity index (χ1) is 12.1. The lowest BCUT2D eigenvalue weighted by Crippen LogP contribution is -2.11. The maximum absolute atomic E-state index is 12.7. The summed E-state index contributed by atoms with van der Waals surface area (Å²) >= 11 is 0. The molecule has 126 valence electrons. The predicted molar refractivity (Wildman–Crippen MR) is 93.6 cm³/mol. The van der Waals surface area contributed by atoms with Crippen molar-refractivity contribution in [3.8, 4) is 0 Å². The second-order valence-corrected chi connectivity index (χ2v) is 7.73. The fraction of sp³-hybridized carbons (Fsp3) is 0.364. The number of carbonyl (C=O) groups excluding carboxylic acids is 2. The van der Waals surface area contributed by atoms with Crippen LogP contribution in [0, 0.1) is 37.5 Å². The minimum Gasteiger partial charge on any atom is -0.373 e. The molecule has 2 aromatic carbocycles. The number of fused-ring (bicyclic) bond motifs is 3. The Labute approximate surface area is 147 Å².